The summed E-state index contributed by atoms with van der Waals surface area (Å²) < 4.78 is 40.1. The van der Waals surface area contributed by atoms with Crippen molar-refractivity contribution in [3.8, 4) is 0 Å². The monoisotopic (exact) mass is 443 g/mol. The van der Waals surface area contributed by atoms with E-state index in [-0.39, 0.29) is 34.5 Å². The van der Waals surface area contributed by atoms with E-state index in [1.54, 1.807) is 6.92 Å². The molecule has 1 amide bonds. The molecule has 1 heterocycles. The Balaban J connectivity index is 2.35. The number of thiophene rings is 1. The fourth-order valence-electron chi connectivity index (χ4n) is 2.40. The minimum absolute atomic E-state index is 0.0953. The van der Waals surface area contributed by atoms with Crippen LogP contribution in [0.5, 0.6) is 0 Å². The number of carbonyl (C=O) groups is 1. The van der Waals surface area contributed by atoms with Crippen molar-refractivity contribution in [2.24, 2.45) is 5.16 Å². The van der Waals surface area contributed by atoms with Crippen LogP contribution in [0.25, 0.3) is 0 Å². The summed E-state index contributed by atoms with van der Waals surface area (Å²) >= 11 is 0.964. The molecule has 0 spiro atoms. The van der Waals surface area contributed by atoms with E-state index >= 15 is 0 Å². The van der Waals surface area contributed by atoms with Crippen LogP contribution in [-0.2, 0) is 14.8 Å². The minimum atomic E-state index is -4.10. The van der Waals surface area contributed by atoms with Gasteiger partial charge in [-0.1, -0.05) is 24.2 Å². The summed E-state index contributed by atoms with van der Waals surface area (Å²) in [6.45, 7) is 2.84. The second kappa shape index (κ2) is 9.44. The van der Waals surface area contributed by atoms with Gasteiger partial charge in [-0.05, 0) is 30.7 Å². The van der Waals surface area contributed by atoms with Gasteiger partial charge < -0.3 is 15.6 Å². The molecule has 0 aliphatic carbocycles. The molecule has 0 bridgehead atoms. The molecule has 2 aromatic rings. The van der Waals surface area contributed by atoms with Gasteiger partial charge >= 0.3 is 0 Å². The molecule has 3 N–H and O–H groups in total. The summed E-state index contributed by atoms with van der Waals surface area (Å²) in [5, 5.41) is 25.0. The highest BCUT2D eigenvalue weighted by molar-refractivity contribution is 7.89. The summed E-state index contributed by atoms with van der Waals surface area (Å²) in [7, 11) is -2.81. The fraction of sp³-hybridized carbons (Fsp3) is 0.333. The molecule has 1 unspecified atom stereocenters. The van der Waals surface area contributed by atoms with Crippen molar-refractivity contribution in [1.29, 1.82) is 0 Å². The van der Waals surface area contributed by atoms with Gasteiger partial charge in [-0.2, -0.15) is 4.31 Å². The van der Waals surface area contributed by atoms with Gasteiger partial charge in [0, 0.05) is 20.0 Å². The molecule has 158 valence electrons. The quantitative estimate of drug-likeness (QED) is 0.329. The largest absolute Gasteiger partial charge is 0.411 e. The first-order chi connectivity index (χ1) is 13.6. The molecule has 29 heavy (non-hydrogen) atoms. The van der Waals surface area contributed by atoms with Crippen molar-refractivity contribution >= 4 is 38.0 Å². The molecular formula is C18H22FN3O5S2. The van der Waals surface area contributed by atoms with E-state index in [1.165, 1.54) is 44.3 Å². The lowest BCUT2D eigenvalue weighted by molar-refractivity contribution is -0.115. The summed E-state index contributed by atoms with van der Waals surface area (Å²) in [5.41, 5.74) is 0.555. The number of hydrogen-bond donors (Lipinski definition) is 3. The average Bonchev–Trinajstić information content (AvgIpc) is 3.12. The zero-order chi connectivity index (χ0) is 21.8. The molecule has 0 saturated carbocycles. The fourth-order valence-corrected chi connectivity index (χ4v) is 5.05. The predicted molar refractivity (Wildman–Crippen MR) is 108 cm³/mol. The molecule has 0 saturated heterocycles. The number of carbonyl (C=O) groups excluding carboxylic acids is 1. The number of rotatable bonds is 8. The molecule has 8 nitrogen and oxygen atoms in total. The number of likely N-dealkylation sites (N-methyl/N-ethyl adjacent to an activating group) is 1. The van der Waals surface area contributed by atoms with Crippen molar-refractivity contribution in [3.05, 3.63) is 46.6 Å². The van der Waals surface area contributed by atoms with E-state index in [1.807, 2.05) is 0 Å². The number of aliphatic hydroxyl groups excluding tert-OH is 1. The Kier molecular flexibility index (Phi) is 7.47. The predicted octanol–water partition coefficient (Wildman–Crippen LogP) is 2.79. The van der Waals surface area contributed by atoms with Gasteiger partial charge in [0.2, 0.25) is 15.9 Å². The lowest BCUT2D eigenvalue weighted by Crippen LogP contribution is -2.31. The SMILES string of the molecule is CCC(=O)Nc1sc(C(C)=NO)cc1S(=O)(=O)N(C)CC(O)c1ccc(F)cc1. The highest BCUT2D eigenvalue weighted by atomic mass is 32.2. The third kappa shape index (κ3) is 5.38. The number of nitrogens with one attached hydrogen (secondary N) is 1. The smallest absolute Gasteiger partial charge is 0.245 e. The third-order valence-corrected chi connectivity index (χ3v) is 7.29. The van der Waals surface area contributed by atoms with E-state index in [0.29, 0.717) is 10.4 Å². The van der Waals surface area contributed by atoms with Crippen LogP contribution in [0.15, 0.2) is 40.4 Å². The topological polar surface area (TPSA) is 119 Å². The van der Waals surface area contributed by atoms with E-state index in [9.17, 15) is 22.7 Å². The Morgan fingerprint density at radius 1 is 1.34 bits per heavy atom. The van der Waals surface area contributed by atoms with Crippen LogP contribution in [0, 0.1) is 5.82 Å². The number of amides is 1. The van der Waals surface area contributed by atoms with Gasteiger partial charge in [-0.25, -0.2) is 12.8 Å². The summed E-state index contributed by atoms with van der Waals surface area (Å²) in [6, 6.07) is 6.40. The minimum Gasteiger partial charge on any atom is -0.411 e. The number of anilines is 1. The maximum Gasteiger partial charge on any atom is 0.245 e. The zero-order valence-corrected chi connectivity index (χ0v) is 17.7. The standard InChI is InChI=1S/C18H22FN3O5S2/c1-4-17(24)20-18-16(9-15(28-18)11(2)21-25)29(26,27)22(3)10-14(23)12-5-7-13(19)8-6-12/h5-9,14,23,25H,4,10H2,1-3H3,(H,20,24). The Bertz CT molecular complexity index is 1000. The number of oxime groups is 1. The summed E-state index contributed by atoms with van der Waals surface area (Å²) in [6.07, 6.45) is -1.03. The molecule has 0 fully saturated rings. The Hall–Kier alpha value is -2.34. The number of hydrogen-bond acceptors (Lipinski definition) is 7. The van der Waals surface area contributed by atoms with E-state index in [0.717, 1.165) is 15.6 Å². The Labute approximate surface area is 172 Å². The number of halogens is 1. The van der Waals surface area contributed by atoms with Crippen LogP contribution in [0.1, 0.15) is 36.8 Å². The second-order valence-corrected chi connectivity index (χ2v) is 9.31. The molecule has 1 atom stereocenters. The highest BCUT2D eigenvalue weighted by Gasteiger charge is 2.29. The van der Waals surface area contributed by atoms with Crippen molar-refractivity contribution < 1.29 is 27.9 Å². The Morgan fingerprint density at radius 3 is 2.52 bits per heavy atom. The maximum absolute atomic E-state index is 13.1. The lowest BCUT2D eigenvalue weighted by Gasteiger charge is -2.21. The number of benzene rings is 1. The van der Waals surface area contributed by atoms with E-state index in [4.69, 9.17) is 5.21 Å². The van der Waals surface area contributed by atoms with E-state index in [2.05, 4.69) is 10.5 Å². The summed E-state index contributed by atoms with van der Waals surface area (Å²) in [4.78, 5) is 12.0. The van der Waals surface area contributed by atoms with Gasteiger partial charge in [0.05, 0.1) is 16.7 Å². The van der Waals surface area contributed by atoms with Gasteiger partial charge in [-0.3, -0.25) is 4.79 Å². The second-order valence-electron chi connectivity index (χ2n) is 6.24. The Morgan fingerprint density at radius 2 is 1.97 bits per heavy atom. The molecule has 2 rings (SSSR count). The van der Waals surface area contributed by atoms with Crippen molar-refractivity contribution in [1.82, 2.24) is 4.31 Å². The van der Waals surface area contributed by atoms with Gasteiger partial charge in [0.25, 0.3) is 0 Å². The molecule has 1 aromatic carbocycles. The van der Waals surface area contributed by atoms with Gasteiger partial charge in [0.1, 0.15) is 15.7 Å². The van der Waals surface area contributed by atoms with Crippen LogP contribution in [0.3, 0.4) is 0 Å². The average molecular weight is 444 g/mol. The number of nitrogens with zero attached hydrogens (tertiary/aromatic N) is 2. The first kappa shape index (κ1) is 22.9. The van der Waals surface area contributed by atoms with Crippen molar-refractivity contribution in [2.45, 2.75) is 31.3 Å². The van der Waals surface area contributed by atoms with E-state index < -0.39 is 21.9 Å². The van der Waals surface area contributed by atoms with Crippen LogP contribution in [0.2, 0.25) is 0 Å². The number of aliphatic hydroxyl groups is 1. The van der Waals surface area contributed by atoms with Crippen LogP contribution < -0.4 is 5.32 Å². The molecular weight excluding hydrogens is 421 g/mol. The molecule has 1 aromatic heterocycles. The first-order valence-corrected chi connectivity index (χ1v) is 10.9. The lowest BCUT2D eigenvalue weighted by atomic mass is 10.1. The third-order valence-electron chi connectivity index (χ3n) is 4.15. The van der Waals surface area contributed by atoms with Gasteiger partial charge in [0.15, 0.2) is 0 Å². The molecule has 0 aliphatic rings. The molecule has 0 radical (unpaired) electrons. The number of sulfonamides is 1. The first-order valence-electron chi connectivity index (χ1n) is 8.62. The van der Waals surface area contributed by atoms with Crippen molar-refractivity contribution in [2.75, 3.05) is 18.9 Å². The van der Waals surface area contributed by atoms with Crippen molar-refractivity contribution in [3.63, 3.8) is 0 Å². The normalized spacial score (nSPS) is 13.5. The van der Waals surface area contributed by atoms with Crippen LogP contribution >= 0.6 is 11.3 Å². The molecule has 11 heteroatoms. The summed E-state index contributed by atoms with van der Waals surface area (Å²) in [5.74, 6) is -0.840. The zero-order valence-electron chi connectivity index (χ0n) is 16.1. The maximum atomic E-state index is 13.1. The highest BCUT2D eigenvalue weighted by Crippen LogP contribution is 2.34. The van der Waals surface area contributed by atoms with Crippen LogP contribution in [0.4, 0.5) is 9.39 Å². The van der Waals surface area contributed by atoms with Crippen LogP contribution in [-0.4, -0.2) is 48.2 Å². The molecule has 0 aliphatic heterocycles. The van der Waals surface area contributed by atoms with Gasteiger partial charge in [-0.15, -0.1) is 11.3 Å².